The molecule has 33 heavy (non-hydrogen) atoms. The normalized spacial score (nSPS) is 10.5. The molecule has 0 spiro atoms. The van der Waals surface area contributed by atoms with Gasteiger partial charge >= 0.3 is 5.97 Å². The van der Waals surface area contributed by atoms with Crippen LogP contribution in [-0.4, -0.2) is 47.3 Å². The zero-order valence-electron chi connectivity index (χ0n) is 18.6. The van der Waals surface area contributed by atoms with Crippen LogP contribution in [-0.2, 0) is 9.53 Å². The number of nitrogens with zero attached hydrogens (tertiary/aromatic N) is 2. The summed E-state index contributed by atoms with van der Waals surface area (Å²) in [7, 11) is 1.46. The van der Waals surface area contributed by atoms with E-state index in [1.807, 2.05) is 26.8 Å². The number of esters is 1. The maximum absolute atomic E-state index is 12.5. The van der Waals surface area contributed by atoms with Crippen molar-refractivity contribution in [3.8, 4) is 5.75 Å². The van der Waals surface area contributed by atoms with Gasteiger partial charge in [-0.25, -0.2) is 4.79 Å². The molecule has 0 saturated heterocycles. The second-order valence-electron chi connectivity index (χ2n) is 7.14. The standard InChI is InChI=1S/C23H23N3O5S2/c1-13-5-6-16(9-14(13)2)19(27)11-31-22(29)17-7-8-20(30-4)18(10-17)24-21(28)12-32-23-26-25-15(3)33-23/h5-10H,11-12H2,1-4H3,(H,24,28). The molecule has 2 aromatic carbocycles. The molecular weight excluding hydrogens is 462 g/mol. The van der Waals surface area contributed by atoms with Gasteiger partial charge in [0.25, 0.3) is 0 Å². The summed E-state index contributed by atoms with van der Waals surface area (Å²) in [6.45, 7) is 5.33. The molecule has 172 valence electrons. The smallest absolute Gasteiger partial charge is 0.338 e. The second kappa shape index (κ2) is 11.1. The number of carbonyl (C=O) groups is 3. The summed E-state index contributed by atoms with van der Waals surface area (Å²) >= 11 is 2.67. The first-order valence-electron chi connectivity index (χ1n) is 9.95. The molecule has 1 aromatic heterocycles. The van der Waals surface area contributed by atoms with Crippen molar-refractivity contribution in [3.05, 3.63) is 63.7 Å². The third-order valence-corrected chi connectivity index (χ3v) is 6.68. The van der Waals surface area contributed by atoms with Crippen molar-refractivity contribution in [1.29, 1.82) is 0 Å². The highest BCUT2D eigenvalue weighted by Gasteiger charge is 2.16. The maximum atomic E-state index is 12.5. The number of ether oxygens (including phenoxy) is 2. The van der Waals surface area contributed by atoms with E-state index in [-0.39, 0.29) is 29.6 Å². The van der Waals surface area contributed by atoms with Crippen molar-refractivity contribution >= 4 is 46.4 Å². The van der Waals surface area contributed by atoms with Gasteiger partial charge in [0.05, 0.1) is 24.1 Å². The first kappa shape index (κ1) is 24.4. The van der Waals surface area contributed by atoms with Crippen molar-refractivity contribution in [2.24, 2.45) is 0 Å². The van der Waals surface area contributed by atoms with Gasteiger partial charge < -0.3 is 14.8 Å². The molecule has 3 aromatic rings. The number of aromatic nitrogens is 2. The largest absolute Gasteiger partial charge is 0.495 e. The number of rotatable bonds is 9. The van der Waals surface area contributed by atoms with Gasteiger partial charge in [0.15, 0.2) is 16.7 Å². The molecule has 1 heterocycles. The molecule has 0 unspecified atom stereocenters. The quantitative estimate of drug-likeness (QED) is 0.272. The fourth-order valence-corrected chi connectivity index (χ4v) is 4.41. The maximum Gasteiger partial charge on any atom is 0.338 e. The van der Waals surface area contributed by atoms with Gasteiger partial charge in [0.1, 0.15) is 10.8 Å². The lowest BCUT2D eigenvalue weighted by Crippen LogP contribution is -2.17. The highest BCUT2D eigenvalue weighted by molar-refractivity contribution is 8.01. The third kappa shape index (κ3) is 6.62. The highest BCUT2D eigenvalue weighted by atomic mass is 32.2. The average molecular weight is 486 g/mol. The van der Waals surface area contributed by atoms with Crippen molar-refractivity contribution in [3.63, 3.8) is 0 Å². The summed E-state index contributed by atoms with van der Waals surface area (Å²) in [5.74, 6) is -0.748. The molecule has 0 fully saturated rings. The molecule has 1 amide bonds. The Labute approximate surface area is 199 Å². The van der Waals surface area contributed by atoms with Crippen LogP contribution in [0.4, 0.5) is 5.69 Å². The molecule has 0 bridgehead atoms. The third-order valence-electron chi connectivity index (χ3n) is 4.71. The van der Waals surface area contributed by atoms with Crippen LogP contribution in [0.15, 0.2) is 40.7 Å². The molecule has 0 atom stereocenters. The number of Topliss-reactive ketones (excluding diaryl/α,β-unsaturated/α-hetero) is 1. The minimum Gasteiger partial charge on any atom is -0.495 e. The van der Waals surface area contributed by atoms with Crippen LogP contribution in [0.5, 0.6) is 5.75 Å². The van der Waals surface area contributed by atoms with E-state index in [0.717, 1.165) is 16.1 Å². The molecule has 1 N–H and O–H groups in total. The number of methoxy groups -OCH3 is 1. The van der Waals surface area contributed by atoms with Crippen LogP contribution in [0, 0.1) is 20.8 Å². The van der Waals surface area contributed by atoms with Gasteiger partial charge in [0, 0.05) is 5.56 Å². The Morgan fingerprint density at radius 1 is 1.00 bits per heavy atom. The monoisotopic (exact) mass is 485 g/mol. The summed E-state index contributed by atoms with van der Waals surface area (Å²) in [6, 6.07) is 9.86. The molecule has 0 aliphatic heterocycles. The summed E-state index contributed by atoms with van der Waals surface area (Å²) in [5, 5.41) is 11.4. The van der Waals surface area contributed by atoms with Gasteiger partial charge in [-0.2, -0.15) is 0 Å². The Morgan fingerprint density at radius 2 is 1.76 bits per heavy atom. The van der Waals surface area contributed by atoms with Crippen LogP contribution >= 0.6 is 23.1 Å². The minimum atomic E-state index is -0.677. The number of aryl methyl sites for hydroxylation is 3. The average Bonchev–Trinajstić information content (AvgIpc) is 3.22. The molecule has 3 rings (SSSR count). The fraction of sp³-hybridized carbons (Fsp3) is 0.261. The van der Waals surface area contributed by atoms with Crippen LogP contribution < -0.4 is 10.1 Å². The highest BCUT2D eigenvalue weighted by Crippen LogP contribution is 2.27. The van der Waals surface area contributed by atoms with E-state index in [0.29, 0.717) is 21.3 Å². The number of hydrogen-bond acceptors (Lipinski definition) is 9. The van der Waals surface area contributed by atoms with E-state index < -0.39 is 5.97 Å². The number of anilines is 1. The SMILES string of the molecule is COc1ccc(C(=O)OCC(=O)c2ccc(C)c(C)c2)cc1NC(=O)CSc1nnc(C)s1. The first-order valence-corrected chi connectivity index (χ1v) is 11.8. The van der Waals surface area contributed by atoms with E-state index >= 15 is 0 Å². The Balaban J connectivity index is 1.62. The van der Waals surface area contributed by atoms with E-state index in [4.69, 9.17) is 9.47 Å². The zero-order valence-corrected chi connectivity index (χ0v) is 20.3. The molecule has 0 aliphatic carbocycles. The second-order valence-corrected chi connectivity index (χ2v) is 9.54. The van der Waals surface area contributed by atoms with Crippen LogP contribution in [0.1, 0.15) is 36.9 Å². The zero-order chi connectivity index (χ0) is 24.0. The number of carbonyl (C=O) groups excluding carboxylic acids is 3. The predicted octanol–water partition coefficient (Wildman–Crippen LogP) is 4.24. The van der Waals surface area contributed by atoms with Crippen molar-refractivity contribution < 1.29 is 23.9 Å². The molecule has 10 heteroatoms. The Morgan fingerprint density at radius 3 is 2.42 bits per heavy atom. The van der Waals surface area contributed by atoms with Gasteiger partial charge in [0.2, 0.25) is 5.91 Å². The Bertz CT molecular complexity index is 1190. The van der Waals surface area contributed by atoms with Crippen molar-refractivity contribution in [2.75, 3.05) is 24.8 Å². The number of hydrogen-bond donors (Lipinski definition) is 1. The van der Waals surface area contributed by atoms with Gasteiger partial charge in [-0.15, -0.1) is 10.2 Å². The Kier molecular flexibility index (Phi) is 8.18. The predicted molar refractivity (Wildman–Crippen MR) is 128 cm³/mol. The van der Waals surface area contributed by atoms with E-state index in [1.54, 1.807) is 18.2 Å². The van der Waals surface area contributed by atoms with E-state index in [2.05, 4.69) is 15.5 Å². The molecule has 0 saturated carbocycles. The lowest BCUT2D eigenvalue weighted by Gasteiger charge is -2.12. The van der Waals surface area contributed by atoms with Crippen molar-refractivity contribution in [1.82, 2.24) is 10.2 Å². The molecular formula is C23H23N3O5S2. The van der Waals surface area contributed by atoms with E-state index in [9.17, 15) is 14.4 Å². The molecule has 8 nitrogen and oxygen atoms in total. The van der Waals surface area contributed by atoms with Gasteiger partial charge in [-0.3, -0.25) is 9.59 Å². The minimum absolute atomic E-state index is 0.122. The lowest BCUT2D eigenvalue weighted by atomic mass is 10.0. The lowest BCUT2D eigenvalue weighted by molar-refractivity contribution is -0.113. The van der Waals surface area contributed by atoms with Crippen LogP contribution in [0.3, 0.4) is 0 Å². The van der Waals surface area contributed by atoms with Gasteiger partial charge in [-0.05, 0) is 56.2 Å². The van der Waals surface area contributed by atoms with Crippen molar-refractivity contribution in [2.45, 2.75) is 25.1 Å². The summed E-state index contributed by atoms with van der Waals surface area (Å²) in [4.78, 5) is 37.3. The van der Waals surface area contributed by atoms with E-state index in [1.165, 1.54) is 42.3 Å². The molecule has 0 aliphatic rings. The number of nitrogens with one attached hydrogen (secondary N) is 1. The first-order chi connectivity index (χ1) is 15.8. The Hall–Kier alpha value is -3.24. The molecule has 0 radical (unpaired) electrons. The number of thioether (sulfide) groups is 1. The fourth-order valence-electron chi connectivity index (χ4n) is 2.80. The summed E-state index contributed by atoms with van der Waals surface area (Å²) < 4.78 is 11.2. The number of benzene rings is 2. The summed E-state index contributed by atoms with van der Waals surface area (Å²) in [5.41, 5.74) is 3.06. The topological polar surface area (TPSA) is 107 Å². The summed E-state index contributed by atoms with van der Waals surface area (Å²) in [6.07, 6.45) is 0. The number of ketones is 1. The van der Waals surface area contributed by atoms with Crippen LogP contribution in [0.25, 0.3) is 0 Å². The van der Waals surface area contributed by atoms with Crippen LogP contribution in [0.2, 0.25) is 0 Å². The number of amides is 1. The van der Waals surface area contributed by atoms with Gasteiger partial charge in [-0.1, -0.05) is 35.2 Å².